The number of rotatable bonds is 6. The number of carbonyl (C=O) groups excluding carboxylic acids is 2. The highest BCUT2D eigenvalue weighted by molar-refractivity contribution is 6.30. The summed E-state index contributed by atoms with van der Waals surface area (Å²) in [6.45, 7) is 1.55. The van der Waals surface area contributed by atoms with E-state index in [-0.39, 0.29) is 24.2 Å². The van der Waals surface area contributed by atoms with Crippen molar-refractivity contribution in [2.75, 3.05) is 5.32 Å². The average molecular weight is 397 g/mol. The van der Waals surface area contributed by atoms with Crippen molar-refractivity contribution in [2.45, 2.75) is 13.5 Å². The number of hydrogen-bond donors (Lipinski definition) is 2. The van der Waals surface area contributed by atoms with Gasteiger partial charge in [-0.15, -0.1) is 0 Å². The number of nitrogens with zero attached hydrogens (tertiary/aromatic N) is 2. The molecule has 0 aliphatic heterocycles. The van der Waals surface area contributed by atoms with E-state index < -0.39 is 0 Å². The summed E-state index contributed by atoms with van der Waals surface area (Å²) < 4.78 is 5.14. The molecule has 0 saturated carbocycles. The molecule has 0 bridgehead atoms. The Morgan fingerprint density at radius 3 is 2.68 bits per heavy atom. The monoisotopic (exact) mass is 396 g/mol. The van der Waals surface area contributed by atoms with Gasteiger partial charge in [0, 0.05) is 29.3 Å². The lowest BCUT2D eigenvalue weighted by molar-refractivity contribution is -0.116. The Balaban J connectivity index is 1.53. The van der Waals surface area contributed by atoms with E-state index in [2.05, 4.69) is 20.8 Å². The predicted molar refractivity (Wildman–Crippen MR) is 106 cm³/mol. The Labute approximate surface area is 166 Å². The second-order valence-electron chi connectivity index (χ2n) is 5.88. The van der Waals surface area contributed by atoms with Crippen LogP contribution in [0.2, 0.25) is 5.02 Å². The highest BCUT2D eigenvalue weighted by Crippen LogP contribution is 2.19. The maximum atomic E-state index is 12.0. The third kappa shape index (κ3) is 5.52. The van der Waals surface area contributed by atoms with Gasteiger partial charge in [0.1, 0.15) is 0 Å². The van der Waals surface area contributed by atoms with Crippen molar-refractivity contribution in [1.82, 2.24) is 15.5 Å². The highest BCUT2D eigenvalue weighted by Gasteiger charge is 2.09. The predicted octanol–water partition coefficient (Wildman–Crippen LogP) is 3.68. The Bertz CT molecular complexity index is 1010. The summed E-state index contributed by atoms with van der Waals surface area (Å²) in [6, 6.07) is 14.2. The van der Waals surface area contributed by atoms with E-state index in [4.69, 9.17) is 16.1 Å². The van der Waals surface area contributed by atoms with Crippen LogP contribution in [0.1, 0.15) is 18.4 Å². The number of benzene rings is 2. The van der Waals surface area contributed by atoms with Gasteiger partial charge < -0.3 is 15.2 Å². The fraction of sp³-hybridized carbons (Fsp3) is 0.100. The summed E-state index contributed by atoms with van der Waals surface area (Å²) >= 11 is 5.95. The molecule has 1 heterocycles. The number of halogens is 1. The molecule has 7 nitrogen and oxygen atoms in total. The molecule has 3 aromatic rings. The van der Waals surface area contributed by atoms with Gasteiger partial charge >= 0.3 is 0 Å². The molecule has 0 radical (unpaired) electrons. The average Bonchev–Trinajstić information content (AvgIpc) is 3.14. The van der Waals surface area contributed by atoms with E-state index in [1.807, 2.05) is 6.07 Å². The number of hydrogen-bond acceptors (Lipinski definition) is 5. The van der Waals surface area contributed by atoms with E-state index in [0.29, 0.717) is 16.5 Å². The van der Waals surface area contributed by atoms with Crippen molar-refractivity contribution in [3.8, 4) is 11.4 Å². The molecule has 3 rings (SSSR count). The minimum atomic E-state index is -0.298. The molecule has 2 aromatic carbocycles. The van der Waals surface area contributed by atoms with Gasteiger partial charge in [-0.1, -0.05) is 41.0 Å². The van der Waals surface area contributed by atoms with Crippen LogP contribution in [0, 0.1) is 0 Å². The van der Waals surface area contributed by atoms with E-state index in [1.54, 1.807) is 48.5 Å². The Morgan fingerprint density at radius 1 is 1.18 bits per heavy atom. The number of aromatic nitrogens is 2. The van der Waals surface area contributed by atoms with E-state index >= 15 is 0 Å². The molecule has 0 aliphatic rings. The lowest BCUT2D eigenvalue weighted by Gasteiger charge is -2.01. The van der Waals surface area contributed by atoms with Crippen molar-refractivity contribution >= 4 is 35.2 Å². The van der Waals surface area contributed by atoms with E-state index in [9.17, 15) is 9.59 Å². The van der Waals surface area contributed by atoms with Crippen LogP contribution < -0.4 is 10.6 Å². The summed E-state index contributed by atoms with van der Waals surface area (Å²) in [4.78, 5) is 27.2. The second kappa shape index (κ2) is 8.96. The minimum absolute atomic E-state index is 0.109. The van der Waals surface area contributed by atoms with Crippen LogP contribution in [0.3, 0.4) is 0 Å². The van der Waals surface area contributed by atoms with Crippen LogP contribution in [-0.4, -0.2) is 22.0 Å². The molecule has 142 valence electrons. The first-order valence-corrected chi connectivity index (χ1v) is 8.79. The molecule has 0 unspecified atom stereocenters. The largest absolute Gasteiger partial charge is 0.343 e. The number of nitrogens with one attached hydrogen (secondary N) is 2. The molecular formula is C20H17ClN4O3. The standard InChI is InChI=1S/C20H17ClN4O3/c1-13(26)23-17-8-5-14(6-9-17)7-10-18(27)22-12-19-24-20(25-28-19)15-3-2-4-16(21)11-15/h2-11H,12H2,1H3,(H,22,27)(H,23,26)/b10-7+. The fourth-order valence-electron chi connectivity index (χ4n) is 2.35. The van der Waals surface area contributed by atoms with Crippen LogP contribution in [0.4, 0.5) is 5.69 Å². The van der Waals surface area contributed by atoms with Crippen molar-refractivity contribution < 1.29 is 14.1 Å². The Hall–Kier alpha value is -3.45. The smallest absolute Gasteiger partial charge is 0.246 e. The zero-order valence-corrected chi connectivity index (χ0v) is 15.7. The molecule has 1 aromatic heterocycles. The first-order chi connectivity index (χ1) is 13.5. The fourth-order valence-corrected chi connectivity index (χ4v) is 2.54. The third-order valence-corrected chi connectivity index (χ3v) is 3.86. The van der Waals surface area contributed by atoms with Gasteiger partial charge in [0.25, 0.3) is 0 Å². The molecule has 0 fully saturated rings. The van der Waals surface area contributed by atoms with Gasteiger partial charge in [-0.25, -0.2) is 0 Å². The maximum Gasteiger partial charge on any atom is 0.246 e. The molecule has 0 atom stereocenters. The lowest BCUT2D eigenvalue weighted by Crippen LogP contribution is -2.20. The summed E-state index contributed by atoms with van der Waals surface area (Å²) in [6.07, 6.45) is 3.07. The molecule has 28 heavy (non-hydrogen) atoms. The van der Waals surface area contributed by atoms with Crippen LogP contribution in [-0.2, 0) is 16.1 Å². The Kier molecular flexibility index (Phi) is 6.18. The minimum Gasteiger partial charge on any atom is -0.343 e. The first-order valence-electron chi connectivity index (χ1n) is 8.42. The number of carbonyl (C=O) groups is 2. The van der Waals surface area contributed by atoms with Crippen LogP contribution in [0.15, 0.2) is 59.1 Å². The molecule has 2 amide bonds. The van der Waals surface area contributed by atoms with Gasteiger partial charge in [-0.2, -0.15) is 4.98 Å². The molecule has 2 N–H and O–H groups in total. The molecule has 0 saturated heterocycles. The van der Waals surface area contributed by atoms with Crippen molar-refractivity contribution in [2.24, 2.45) is 0 Å². The van der Waals surface area contributed by atoms with E-state index in [1.165, 1.54) is 13.0 Å². The normalized spacial score (nSPS) is 10.8. The number of anilines is 1. The van der Waals surface area contributed by atoms with Crippen LogP contribution in [0.5, 0.6) is 0 Å². The van der Waals surface area contributed by atoms with Gasteiger partial charge in [-0.05, 0) is 35.9 Å². The summed E-state index contributed by atoms with van der Waals surface area (Å²) in [5, 5.41) is 9.82. The Morgan fingerprint density at radius 2 is 1.96 bits per heavy atom. The maximum absolute atomic E-state index is 12.0. The van der Waals surface area contributed by atoms with Gasteiger partial charge in [-0.3, -0.25) is 9.59 Å². The number of amides is 2. The topological polar surface area (TPSA) is 97.1 Å². The highest BCUT2D eigenvalue weighted by atomic mass is 35.5. The van der Waals surface area contributed by atoms with Gasteiger partial charge in [0.2, 0.25) is 23.5 Å². The second-order valence-corrected chi connectivity index (χ2v) is 6.31. The van der Waals surface area contributed by atoms with Crippen LogP contribution in [0.25, 0.3) is 17.5 Å². The van der Waals surface area contributed by atoms with E-state index in [0.717, 1.165) is 11.1 Å². The molecular weight excluding hydrogens is 380 g/mol. The summed E-state index contributed by atoms with van der Waals surface area (Å²) in [7, 11) is 0. The van der Waals surface area contributed by atoms with Crippen LogP contribution >= 0.6 is 11.6 Å². The van der Waals surface area contributed by atoms with Gasteiger partial charge in [0.05, 0.1) is 6.54 Å². The van der Waals surface area contributed by atoms with Gasteiger partial charge in [0.15, 0.2) is 0 Å². The van der Waals surface area contributed by atoms with Crippen molar-refractivity contribution in [3.05, 3.63) is 71.1 Å². The molecule has 0 spiro atoms. The molecule has 0 aliphatic carbocycles. The molecule has 8 heteroatoms. The lowest BCUT2D eigenvalue weighted by atomic mass is 10.2. The zero-order valence-electron chi connectivity index (χ0n) is 15.0. The zero-order chi connectivity index (χ0) is 19.9. The van der Waals surface area contributed by atoms with Crippen molar-refractivity contribution in [1.29, 1.82) is 0 Å². The van der Waals surface area contributed by atoms with Crippen molar-refractivity contribution in [3.63, 3.8) is 0 Å². The summed E-state index contributed by atoms with van der Waals surface area (Å²) in [5.41, 5.74) is 2.25. The SMILES string of the molecule is CC(=O)Nc1ccc(/C=C/C(=O)NCc2nc(-c3cccc(Cl)c3)no2)cc1. The third-order valence-electron chi connectivity index (χ3n) is 3.62. The first kappa shape index (κ1) is 19.3. The quantitative estimate of drug-likeness (QED) is 0.619. The summed E-state index contributed by atoms with van der Waals surface area (Å²) in [5.74, 6) is 0.258.